The van der Waals surface area contributed by atoms with Crippen LogP contribution in [0.25, 0.3) is 0 Å². The van der Waals surface area contributed by atoms with Crippen LogP contribution in [0.4, 0.5) is 17.6 Å². The van der Waals surface area contributed by atoms with Crippen LogP contribution in [-0.2, 0) is 11.0 Å². The van der Waals surface area contributed by atoms with Crippen molar-refractivity contribution in [2.75, 3.05) is 6.54 Å². The largest absolute Gasteiger partial charge is 0.481 e. The minimum absolute atomic E-state index is 0.265. The summed E-state index contributed by atoms with van der Waals surface area (Å²) in [6.07, 6.45) is -4.67. The van der Waals surface area contributed by atoms with Crippen LogP contribution < -0.4 is 5.73 Å². The Kier molecular flexibility index (Phi) is 3.72. The monoisotopic (exact) mass is 251 g/mol. The van der Waals surface area contributed by atoms with Crippen molar-refractivity contribution in [2.45, 2.75) is 12.1 Å². The second-order valence-electron chi connectivity index (χ2n) is 3.36. The van der Waals surface area contributed by atoms with E-state index in [2.05, 4.69) is 0 Å². The van der Waals surface area contributed by atoms with Gasteiger partial charge in [-0.05, 0) is 12.1 Å². The summed E-state index contributed by atoms with van der Waals surface area (Å²) in [6.45, 7) is -0.391. The fourth-order valence-corrected chi connectivity index (χ4v) is 1.35. The van der Waals surface area contributed by atoms with Gasteiger partial charge in [0.1, 0.15) is 5.82 Å². The van der Waals surface area contributed by atoms with Crippen molar-refractivity contribution in [1.29, 1.82) is 0 Å². The Morgan fingerprint density at radius 3 is 2.35 bits per heavy atom. The number of rotatable bonds is 3. The van der Waals surface area contributed by atoms with Gasteiger partial charge >= 0.3 is 12.1 Å². The number of carboxylic acid groups (broad SMARTS) is 1. The highest BCUT2D eigenvalue weighted by Gasteiger charge is 2.32. The van der Waals surface area contributed by atoms with Crippen molar-refractivity contribution in [1.82, 2.24) is 0 Å². The maximum absolute atomic E-state index is 13.4. The normalized spacial score (nSPS) is 13.5. The standard InChI is InChI=1S/C10H9F4NO2/c11-8-3-5(10(12,13)14)1-2-6(8)7(4-15)9(16)17/h1-3,7H,4,15H2,(H,16,17). The third-order valence-electron chi connectivity index (χ3n) is 2.24. The van der Waals surface area contributed by atoms with E-state index in [-0.39, 0.29) is 11.6 Å². The van der Waals surface area contributed by atoms with Crippen molar-refractivity contribution < 1.29 is 27.5 Å². The molecule has 0 saturated carbocycles. The van der Waals surface area contributed by atoms with Crippen LogP contribution in [0.3, 0.4) is 0 Å². The van der Waals surface area contributed by atoms with Crippen molar-refractivity contribution in [3.05, 3.63) is 35.1 Å². The lowest BCUT2D eigenvalue weighted by molar-refractivity contribution is -0.138. The zero-order valence-corrected chi connectivity index (χ0v) is 8.46. The third kappa shape index (κ3) is 2.94. The molecule has 1 aromatic carbocycles. The third-order valence-corrected chi connectivity index (χ3v) is 2.24. The zero-order valence-electron chi connectivity index (χ0n) is 8.46. The van der Waals surface area contributed by atoms with E-state index < -0.39 is 36.0 Å². The van der Waals surface area contributed by atoms with Crippen LogP contribution in [0.15, 0.2) is 18.2 Å². The second-order valence-corrected chi connectivity index (χ2v) is 3.36. The predicted molar refractivity (Wildman–Crippen MR) is 50.8 cm³/mol. The van der Waals surface area contributed by atoms with E-state index in [1.807, 2.05) is 0 Å². The lowest BCUT2D eigenvalue weighted by Crippen LogP contribution is -2.22. The van der Waals surface area contributed by atoms with Gasteiger partial charge < -0.3 is 10.8 Å². The van der Waals surface area contributed by atoms with Crippen molar-refractivity contribution >= 4 is 5.97 Å². The molecule has 1 unspecified atom stereocenters. The lowest BCUT2D eigenvalue weighted by atomic mass is 9.97. The summed E-state index contributed by atoms with van der Waals surface area (Å²) in [6, 6.07) is 1.69. The molecule has 7 heteroatoms. The summed E-state index contributed by atoms with van der Waals surface area (Å²) in [5.74, 6) is -3.96. The topological polar surface area (TPSA) is 63.3 Å². The summed E-state index contributed by atoms with van der Waals surface area (Å²) < 4.78 is 50.1. The molecule has 0 amide bonds. The smallest absolute Gasteiger partial charge is 0.416 e. The Hall–Kier alpha value is -1.63. The minimum atomic E-state index is -4.67. The molecule has 94 valence electrons. The van der Waals surface area contributed by atoms with Crippen molar-refractivity contribution in [3.8, 4) is 0 Å². The molecular formula is C10H9F4NO2. The second kappa shape index (κ2) is 4.70. The van der Waals surface area contributed by atoms with Crippen LogP contribution >= 0.6 is 0 Å². The number of hydrogen-bond donors (Lipinski definition) is 2. The number of aliphatic carboxylic acids is 1. The van der Waals surface area contributed by atoms with Gasteiger partial charge in [-0.15, -0.1) is 0 Å². The average Bonchev–Trinajstić information content (AvgIpc) is 2.19. The van der Waals surface area contributed by atoms with Gasteiger partial charge in [-0.1, -0.05) is 6.07 Å². The zero-order chi connectivity index (χ0) is 13.2. The van der Waals surface area contributed by atoms with Gasteiger partial charge in [-0.25, -0.2) is 4.39 Å². The first-order valence-corrected chi connectivity index (χ1v) is 4.57. The van der Waals surface area contributed by atoms with Gasteiger partial charge in [-0.2, -0.15) is 13.2 Å². The minimum Gasteiger partial charge on any atom is -0.481 e. The number of halogens is 4. The molecule has 0 aliphatic carbocycles. The fraction of sp³-hybridized carbons (Fsp3) is 0.300. The van der Waals surface area contributed by atoms with Crippen LogP contribution in [0.1, 0.15) is 17.0 Å². The van der Waals surface area contributed by atoms with Gasteiger partial charge in [-0.3, -0.25) is 4.79 Å². The summed E-state index contributed by atoms with van der Waals surface area (Å²) in [7, 11) is 0. The van der Waals surface area contributed by atoms with Crippen LogP contribution in [0.5, 0.6) is 0 Å². The highest BCUT2D eigenvalue weighted by Crippen LogP contribution is 2.31. The number of carboxylic acids is 1. The SMILES string of the molecule is NCC(C(=O)O)c1ccc(C(F)(F)F)cc1F. The summed E-state index contributed by atoms with van der Waals surface area (Å²) >= 11 is 0. The van der Waals surface area contributed by atoms with E-state index in [1.54, 1.807) is 0 Å². The Bertz CT molecular complexity index is 431. The maximum Gasteiger partial charge on any atom is 0.416 e. The molecule has 0 aliphatic heterocycles. The maximum atomic E-state index is 13.4. The number of alkyl halides is 3. The summed E-state index contributed by atoms with van der Waals surface area (Å²) in [4.78, 5) is 10.7. The molecule has 1 rings (SSSR count). The van der Waals surface area contributed by atoms with Crippen LogP contribution in [0, 0.1) is 5.82 Å². The molecule has 1 atom stereocenters. The van der Waals surface area contributed by atoms with Gasteiger partial charge in [0.2, 0.25) is 0 Å². The molecule has 0 saturated heterocycles. The van der Waals surface area contributed by atoms with Crippen molar-refractivity contribution in [3.63, 3.8) is 0 Å². The Balaban J connectivity index is 3.18. The molecule has 3 nitrogen and oxygen atoms in total. The fourth-order valence-electron chi connectivity index (χ4n) is 1.35. The summed E-state index contributed by atoms with van der Waals surface area (Å²) in [5, 5.41) is 8.71. The van der Waals surface area contributed by atoms with Crippen LogP contribution in [-0.4, -0.2) is 17.6 Å². The molecule has 0 bridgehead atoms. The van der Waals surface area contributed by atoms with Gasteiger partial charge in [0, 0.05) is 12.1 Å². The molecule has 0 aliphatic rings. The average molecular weight is 251 g/mol. The van der Waals surface area contributed by atoms with E-state index in [0.29, 0.717) is 6.07 Å². The highest BCUT2D eigenvalue weighted by molar-refractivity contribution is 5.76. The molecular weight excluding hydrogens is 242 g/mol. The molecule has 0 fully saturated rings. The van der Waals surface area contributed by atoms with E-state index in [1.165, 1.54) is 0 Å². The molecule has 0 heterocycles. The van der Waals surface area contributed by atoms with E-state index >= 15 is 0 Å². The van der Waals surface area contributed by atoms with E-state index in [0.717, 1.165) is 6.07 Å². The van der Waals surface area contributed by atoms with Crippen LogP contribution in [0.2, 0.25) is 0 Å². The van der Waals surface area contributed by atoms with E-state index in [9.17, 15) is 22.4 Å². The van der Waals surface area contributed by atoms with Gasteiger partial charge in [0.05, 0.1) is 11.5 Å². The van der Waals surface area contributed by atoms with Gasteiger partial charge in [0.25, 0.3) is 0 Å². The molecule has 0 spiro atoms. The molecule has 3 N–H and O–H groups in total. The van der Waals surface area contributed by atoms with Crippen molar-refractivity contribution in [2.24, 2.45) is 5.73 Å². The quantitative estimate of drug-likeness (QED) is 0.807. The Morgan fingerprint density at radius 1 is 1.41 bits per heavy atom. The lowest BCUT2D eigenvalue weighted by Gasteiger charge is -2.13. The Morgan fingerprint density at radius 2 is 2.00 bits per heavy atom. The summed E-state index contributed by atoms with van der Waals surface area (Å²) in [5.41, 5.74) is 3.61. The molecule has 17 heavy (non-hydrogen) atoms. The first kappa shape index (κ1) is 13.4. The number of carbonyl (C=O) groups is 1. The molecule has 0 radical (unpaired) electrons. The number of hydrogen-bond acceptors (Lipinski definition) is 2. The number of nitrogens with two attached hydrogens (primary N) is 1. The first-order chi connectivity index (χ1) is 7.77. The van der Waals surface area contributed by atoms with Gasteiger partial charge in [0.15, 0.2) is 0 Å². The number of benzene rings is 1. The Labute approximate surface area is 93.8 Å². The molecule has 1 aromatic rings. The first-order valence-electron chi connectivity index (χ1n) is 4.57. The van der Waals surface area contributed by atoms with E-state index in [4.69, 9.17) is 10.8 Å². The highest BCUT2D eigenvalue weighted by atomic mass is 19.4. The molecule has 0 aromatic heterocycles. The predicted octanol–water partition coefficient (Wildman–Crippen LogP) is 1.97.